The van der Waals surface area contributed by atoms with E-state index in [4.69, 9.17) is 23.4 Å². The molecule has 0 saturated carbocycles. The van der Waals surface area contributed by atoms with Gasteiger partial charge in [0.25, 0.3) is 0 Å². The number of benzene rings is 1. The van der Waals surface area contributed by atoms with Crippen LogP contribution in [0, 0.1) is 6.92 Å². The third-order valence-electron chi connectivity index (χ3n) is 3.10. The SMILES string of the molecule is COc1cc(C(=O)Oc2c(C)occc2=O)cc(OC)c1OC. The van der Waals surface area contributed by atoms with E-state index in [0.29, 0.717) is 17.2 Å². The first-order valence-electron chi connectivity index (χ1n) is 6.62. The van der Waals surface area contributed by atoms with Crippen molar-refractivity contribution in [3.8, 4) is 23.0 Å². The van der Waals surface area contributed by atoms with Gasteiger partial charge in [0, 0.05) is 6.07 Å². The standard InChI is InChI=1S/C16H16O7/c1-9-14(11(17)5-6-22-9)23-16(18)10-7-12(19-2)15(21-4)13(8-10)20-3/h5-8H,1-4H3. The van der Waals surface area contributed by atoms with Crippen LogP contribution >= 0.6 is 0 Å². The molecule has 23 heavy (non-hydrogen) atoms. The van der Waals surface area contributed by atoms with Crippen LogP contribution in [-0.4, -0.2) is 27.3 Å². The molecule has 0 spiro atoms. The molecule has 0 atom stereocenters. The van der Waals surface area contributed by atoms with Crippen molar-refractivity contribution >= 4 is 5.97 Å². The van der Waals surface area contributed by atoms with Gasteiger partial charge in [0.05, 0.1) is 33.2 Å². The molecule has 7 heteroatoms. The first kappa shape index (κ1) is 16.4. The lowest BCUT2D eigenvalue weighted by Crippen LogP contribution is -2.15. The highest BCUT2D eigenvalue weighted by Gasteiger charge is 2.20. The van der Waals surface area contributed by atoms with Gasteiger partial charge in [0.1, 0.15) is 5.76 Å². The second kappa shape index (κ2) is 6.87. The molecule has 2 aromatic rings. The van der Waals surface area contributed by atoms with Gasteiger partial charge >= 0.3 is 5.97 Å². The Morgan fingerprint density at radius 2 is 1.61 bits per heavy atom. The molecule has 0 bridgehead atoms. The second-order valence-corrected chi connectivity index (χ2v) is 4.47. The predicted molar refractivity (Wildman–Crippen MR) is 80.8 cm³/mol. The molecule has 0 radical (unpaired) electrons. The smallest absolute Gasteiger partial charge is 0.344 e. The minimum Gasteiger partial charge on any atom is -0.493 e. The van der Waals surface area contributed by atoms with Gasteiger partial charge in [-0.05, 0) is 19.1 Å². The molecule has 122 valence electrons. The van der Waals surface area contributed by atoms with Gasteiger partial charge < -0.3 is 23.4 Å². The van der Waals surface area contributed by atoms with Gasteiger partial charge in [-0.25, -0.2) is 4.79 Å². The molecule has 0 unspecified atom stereocenters. The molecule has 1 aromatic heterocycles. The van der Waals surface area contributed by atoms with Gasteiger partial charge in [-0.1, -0.05) is 0 Å². The number of rotatable bonds is 5. The van der Waals surface area contributed by atoms with E-state index in [1.54, 1.807) is 0 Å². The zero-order valence-electron chi connectivity index (χ0n) is 13.2. The summed E-state index contributed by atoms with van der Waals surface area (Å²) in [7, 11) is 4.32. The van der Waals surface area contributed by atoms with Crippen molar-refractivity contribution in [2.45, 2.75) is 6.92 Å². The Labute approximate surface area is 132 Å². The lowest BCUT2D eigenvalue weighted by Gasteiger charge is -2.13. The number of hydrogen-bond acceptors (Lipinski definition) is 7. The summed E-state index contributed by atoms with van der Waals surface area (Å²) < 4.78 is 25.7. The molecule has 1 heterocycles. The van der Waals surface area contributed by atoms with Crippen LogP contribution < -0.4 is 24.4 Å². The summed E-state index contributed by atoms with van der Waals surface area (Å²) >= 11 is 0. The molecule has 0 amide bonds. The van der Waals surface area contributed by atoms with Gasteiger partial charge in [0.15, 0.2) is 11.5 Å². The fourth-order valence-corrected chi connectivity index (χ4v) is 1.97. The second-order valence-electron chi connectivity index (χ2n) is 4.47. The van der Waals surface area contributed by atoms with Gasteiger partial charge in [-0.2, -0.15) is 0 Å². The molecule has 0 aliphatic carbocycles. The summed E-state index contributed by atoms with van der Waals surface area (Å²) in [6, 6.07) is 4.04. The van der Waals surface area contributed by atoms with Crippen molar-refractivity contribution in [1.29, 1.82) is 0 Å². The van der Waals surface area contributed by atoms with E-state index in [9.17, 15) is 9.59 Å². The topological polar surface area (TPSA) is 84.2 Å². The van der Waals surface area contributed by atoms with Crippen molar-refractivity contribution in [1.82, 2.24) is 0 Å². The van der Waals surface area contributed by atoms with Gasteiger partial charge in [-0.15, -0.1) is 0 Å². The quantitative estimate of drug-likeness (QED) is 0.781. The molecular formula is C16H16O7. The fraction of sp³-hybridized carbons (Fsp3) is 0.250. The third kappa shape index (κ3) is 3.28. The molecule has 7 nitrogen and oxygen atoms in total. The highest BCUT2D eigenvalue weighted by atomic mass is 16.5. The summed E-state index contributed by atoms with van der Waals surface area (Å²) in [4.78, 5) is 24.0. The largest absolute Gasteiger partial charge is 0.493 e. The molecule has 1 aromatic carbocycles. The van der Waals surface area contributed by atoms with Crippen molar-refractivity contribution in [3.63, 3.8) is 0 Å². The number of hydrogen-bond donors (Lipinski definition) is 0. The monoisotopic (exact) mass is 320 g/mol. The average molecular weight is 320 g/mol. The lowest BCUT2D eigenvalue weighted by atomic mass is 10.2. The van der Waals surface area contributed by atoms with Crippen LogP contribution in [0.25, 0.3) is 0 Å². The number of methoxy groups -OCH3 is 3. The highest BCUT2D eigenvalue weighted by molar-refractivity contribution is 5.92. The summed E-state index contributed by atoms with van der Waals surface area (Å²) in [6.45, 7) is 1.53. The number of carbonyl (C=O) groups is 1. The first-order chi connectivity index (χ1) is 11.0. The van der Waals surface area contributed by atoms with Crippen LogP contribution in [0.3, 0.4) is 0 Å². The zero-order valence-corrected chi connectivity index (χ0v) is 13.2. The molecular weight excluding hydrogens is 304 g/mol. The molecule has 0 aliphatic heterocycles. The van der Waals surface area contributed by atoms with Crippen molar-refractivity contribution in [2.24, 2.45) is 0 Å². The van der Waals surface area contributed by atoms with Gasteiger partial charge in [-0.3, -0.25) is 4.79 Å². The van der Waals surface area contributed by atoms with E-state index >= 15 is 0 Å². The molecule has 0 fully saturated rings. The van der Waals surface area contributed by atoms with Crippen molar-refractivity contribution < 1.29 is 28.2 Å². The maximum absolute atomic E-state index is 12.3. The molecule has 0 aliphatic rings. The van der Waals surface area contributed by atoms with Crippen LogP contribution in [0.4, 0.5) is 0 Å². The zero-order chi connectivity index (χ0) is 17.0. The molecule has 2 rings (SSSR count). The number of aryl methyl sites for hydroxylation is 1. The van der Waals surface area contributed by atoms with E-state index in [0.717, 1.165) is 0 Å². The van der Waals surface area contributed by atoms with E-state index < -0.39 is 11.4 Å². The van der Waals surface area contributed by atoms with Gasteiger partial charge in [0.2, 0.25) is 16.9 Å². The average Bonchev–Trinajstić information content (AvgIpc) is 2.56. The number of esters is 1. The Morgan fingerprint density at radius 1 is 1.00 bits per heavy atom. The van der Waals surface area contributed by atoms with Crippen LogP contribution in [0.2, 0.25) is 0 Å². The Hall–Kier alpha value is -2.96. The Morgan fingerprint density at radius 3 is 2.09 bits per heavy atom. The third-order valence-corrected chi connectivity index (χ3v) is 3.10. The number of ether oxygens (including phenoxy) is 4. The summed E-state index contributed by atoms with van der Waals surface area (Å²) in [5.74, 6) is 0.253. The fourth-order valence-electron chi connectivity index (χ4n) is 1.97. The van der Waals surface area contributed by atoms with Crippen LogP contribution in [0.5, 0.6) is 23.0 Å². The number of carbonyl (C=O) groups excluding carboxylic acids is 1. The predicted octanol–water partition coefficient (Wildman–Crippen LogP) is 2.19. The highest BCUT2D eigenvalue weighted by Crippen LogP contribution is 2.38. The summed E-state index contributed by atoms with van der Waals surface area (Å²) in [5, 5.41) is 0. The molecule has 0 saturated heterocycles. The lowest BCUT2D eigenvalue weighted by molar-refractivity contribution is 0.0726. The minimum atomic E-state index is -0.745. The van der Waals surface area contributed by atoms with Crippen LogP contribution in [-0.2, 0) is 0 Å². The van der Waals surface area contributed by atoms with Crippen molar-refractivity contribution in [3.05, 3.63) is 46.0 Å². The van der Waals surface area contributed by atoms with Crippen LogP contribution in [0.1, 0.15) is 16.1 Å². The maximum atomic E-state index is 12.3. The molecule has 0 N–H and O–H groups in total. The van der Waals surface area contributed by atoms with Crippen LogP contribution in [0.15, 0.2) is 33.7 Å². The minimum absolute atomic E-state index is 0.141. The van der Waals surface area contributed by atoms with E-state index in [2.05, 4.69) is 0 Å². The summed E-state index contributed by atoms with van der Waals surface area (Å²) in [6.07, 6.45) is 1.23. The van der Waals surface area contributed by atoms with Crippen molar-refractivity contribution in [2.75, 3.05) is 21.3 Å². The first-order valence-corrected chi connectivity index (χ1v) is 6.62. The Kier molecular flexibility index (Phi) is 4.90. The van der Waals surface area contributed by atoms with E-state index in [1.807, 2.05) is 0 Å². The Bertz CT molecular complexity index is 751. The summed E-state index contributed by atoms with van der Waals surface area (Å²) in [5.41, 5.74) is -0.309. The normalized spacial score (nSPS) is 10.1. The Balaban J connectivity index is 2.42. The maximum Gasteiger partial charge on any atom is 0.344 e. The van der Waals surface area contributed by atoms with E-state index in [1.165, 1.54) is 52.7 Å². The van der Waals surface area contributed by atoms with E-state index in [-0.39, 0.29) is 17.1 Å².